The number of rotatable bonds is 6. The number of hydrogen-bond acceptors (Lipinski definition) is 5. The van der Waals surface area contributed by atoms with Crippen LogP contribution in [0, 0.1) is 0 Å². The van der Waals surface area contributed by atoms with Gasteiger partial charge in [-0.1, -0.05) is 80.6 Å². The highest BCUT2D eigenvalue weighted by atomic mass is 16.5. The van der Waals surface area contributed by atoms with Gasteiger partial charge in [-0.3, -0.25) is 4.79 Å². The number of ketones is 1. The van der Waals surface area contributed by atoms with Crippen LogP contribution in [0.2, 0.25) is 0 Å². The van der Waals surface area contributed by atoms with E-state index in [1.807, 2.05) is 90.8 Å². The van der Waals surface area contributed by atoms with Crippen LogP contribution < -0.4 is 4.90 Å². The molecule has 0 fully saturated rings. The molecule has 180 valence electrons. The molecule has 0 aliphatic carbocycles. The number of esters is 1. The summed E-state index contributed by atoms with van der Waals surface area (Å²) in [5.74, 6) is -0.886. The Morgan fingerprint density at radius 3 is 2.25 bits per heavy atom. The number of fused-ring (bicyclic) bond motifs is 1. The molecule has 0 atom stereocenters. The van der Waals surface area contributed by atoms with E-state index in [1.54, 1.807) is 16.8 Å². The zero-order valence-electron chi connectivity index (χ0n) is 20.5. The molecular weight excluding hydrogens is 450 g/mol. The maximum absolute atomic E-state index is 13.1. The number of ether oxygens (including phenoxy) is 1. The van der Waals surface area contributed by atoms with E-state index in [1.165, 1.54) is 0 Å². The number of carbonyl (C=O) groups excluding carboxylic acids is 2. The lowest BCUT2D eigenvalue weighted by atomic mass is 9.83. The molecule has 2 heterocycles. The Bertz CT molecular complexity index is 1450. The molecular formula is C30H27N3O3. The largest absolute Gasteiger partial charge is 0.453 e. The molecule has 1 aliphatic heterocycles. The second-order valence-electron chi connectivity index (χ2n) is 9.30. The Morgan fingerprint density at radius 2 is 1.56 bits per heavy atom. The fourth-order valence-corrected chi connectivity index (χ4v) is 4.71. The summed E-state index contributed by atoms with van der Waals surface area (Å²) in [6, 6.07) is 28.8. The first-order valence-electron chi connectivity index (χ1n) is 11.8. The van der Waals surface area contributed by atoms with Gasteiger partial charge in [-0.2, -0.15) is 5.10 Å². The van der Waals surface area contributed by atoms with Gasteiger partial charge in [0.2, 0.25) is 0 Å². The van der Waals surface area contributed by atoms with E-state index >= 15 is 0 Å². The third-order valence-electron chi connectivity index (χ3n) is 6.57. The summed E-state index contributed by atoms with van der Waals surface area (Å²) in [7, 11) is 1.95. The van der Waals surface area contributed by atoms with Crippen molar-refractivity contribution in [2.75, 3.05) is 18.6 Å². The lowest BCUT2D eigenvalue weighted by Crippen LogP contribution is -2.25. The molecule has 0 N–H and O–H groups in total. The van der Waals surface area contributed by atoms with Crippen LogP contribution in [0.15, 0.2) is 103 Å². The van der Waals surface area contributed by atoms with E-state index in [0.717, 1.165) is 28.2 Å². The first-order valence-corrected chi connectivity index (χ1v) is 11.8. The summed E-state index contributed by atoms with van der Waals surface area (Å²) in [4.78, 5) is 28.0. The van der Waals surface area contributed by atoms with Gasteiger partial charge in [-0.15, -0.1) is 0 Å². The van der Waals surface area contributed by atoms with Crippen molar-refractivity contribution in [1.29, 1.82) is 0 Å². The zero-order valence-corrected chi connectivity index (χ0v) is 20.5. The molecule has 0 bridgehead atoms. The number of allylic oxidation sites excluding steroid dienone is 1. The average molecular weight is 478 g/mol. The predicted octanol–water partition coefficient (Wildman–Crippen LogP) is 5.58. The van der Waals surface area contributed by atoms with Crippen LogP contribution in [0.3, 0.4) is 0 Å². The minimum Gasteiger partial charge on any atom is -0.453 e. The van der Waals surface area contributed by atoms with Gasteiger partial charge in [0.25, 0.3) is 0 Å². The highest BCUT2D eigenvalue weighted by molar-refractivity contribution is 5.96. The number of benzene rings is 3. The monoisotopic (exact) mass is 477 g/mol. The number of carbonyl (C=O) groups is 2. The molecule has 0 saturated carbocycles. The fourth-order valence-electron chi connectivity index (χ4n) is 4.71. The van der Waals surface area contributed by atoms with E-state index in [0.29, 0.717) is 5.69 Å². The van der Waals surface area contributed by atoms with Crippen LogP contribution in [0.5, 0.6) is 0 Å². The van der Waals surface area contributed by atoms with E-state index in [2.05, 4.69) is 25.0 Å². The third kappa shape index (κ3) is 4.22. The normalized spacial score (nSPS) is 15.1. The van der Waals surface area contributed by atoms with E-state index in [9.17, 15) is 9.59 Å². The van der Waals surface area contributed by atoms with Gasteiger partial charge in [0.05, 0.1) is 11.4 Å². The first kappa shape index (κ1) is 23.3. The molecule has 3 aromatic carbocycles. The van der Waals surface area contributed by atoms with Gasteiger partial charge in [0.15, 0.2) is 18.1 Å². The minimum absolute atomic E-state index is 0.256. The molecule has 1 aliphatic rings. The van der Waals surface area contributed by atoms with Crippen molar-refractivity contribution in [3.05, 3.63) is 114 Å². The van der Waals surface area contributed by atoms with Crippen molar-refractivity contribution in [2.45, 2.75) is 19.3 Å². The molecule has 0 saturated heterocycles. The van der Waals surface area contributed by atoms with Gasteiger partial charge in [0, 0.05) is 35.5 Å². The van der Waals surface area contributed by atoms with Crippen LogP contribution >= 0.6 is 0 Å². The number of aromatic nitrogens is 2. The SMILES string of the molecule is CN1/C(=C/C(=O)COC(=O)c2cc(-c3ccccc3)nn2-c2ccccc2)C(C)(C)c2ccccc21. The van der Waals surface area contributed by atoms with Crippen molar-refractivity contribution in [3.63, 3.8) is 0 Å². The molecule has 0 radical (unpaired) electrons. The molecule has 6 nitrogen and oxygen atoms in total. The minimum atomic E-state index is -0.609. The molecule has 0 unspecified atom stereocenters. The lowest BCUT2D eigenvalue weighted by Gasteiger charge is -2.23. The van der Waals surface area contributed by atoms with Gasteiger partial charge in [-0.05, 0) is 29.8 Å². The molecule has 1 aromatic heterocycles. The second kappa shape index (κ2) is 9.30. The van der Waals surface area contributed by atoms with Gasteiger partial charge in [0.1, 0.15) is 0 Å². The quantitative estimate of drug-likeness (QED) is 0.268. The van der Waals surface area contributed by atoms with E-state index < -0.39 is 5.97 Å². The van der Waals surface area contributed by atoms with Gasteiger partial charge >= 0.3 is 5.97 Å². The molecule has 36 heavy (non-hydrogen) atoms. The summed E-state index contributed by atoms with van der Waals surface area (Å²) in [6.07, 6.45) is 1.58. The average Bonchev–Trinajstić information content (AvgIpc) is 3.43. The highest BCUT2D eigenvalue weighted by Crippen LogP contribution is 2.46. The van der Waals surface area contributed by atoms with Gasteiger partial charge < -0.3 is 9.64 Å². The summed E-state index contributed by atoms with van der Waals surface area (Å²) >= 11 is 0. The zero-order chi connectivity index (χ0) is 25.3. The van der Waals surface area contributed by atoms with E-state index in [4.69, 9.17) is 4.74 Å². The predicted molar refractivity (Wildman–Crippen MR) is 140 cm³/mol. The lowest BCUT2D eigenvalue weighted by molar-refractivity contribution is -0.117. The fraction of sp³-hybridized carbons (Fsp3) is 0.167. The van der Waals surface area contributed by atoms with Crippen molar-refractivity contribution < 1.29 is 14.3 Å². The smallest absolute Gasteiger partial charge is 0.357 e. The van der Waals surface area contributed by atoms with Crippen LogP contribution in [-0.2, 0) is 14.9 Å². The summed E-state index contributed by atoms with van der Waals surface area (Å²) in [5, 5.41) is 4.65. The van der Waals surface area contributed by atoms with Crippen LogP contribution in [0.1, 0.15) is 29.9 Å². The summed E-state index contributed by atoms with van der Waals surface area (Å²) in [5.41, 5.74) is 5.27. The number of likely N-dealkylation sites (N-methyl/N-ethyl adjacent to an activating group) is 1. The molecule has 4 aromatic rings. The Labute approximate surface area is 210 Å². The highest BCUT2D eigenvalue weighted by Gasteiger charge is 2.38. The van der Waals surface area contributed by atoms with Crippen molar-refractivity contribution in [3.8, 4) is 16.9 Å². The first-order chi connectivity index (χ1) is 17.4. The number of hydrogen-bond donors (Lipinski definition) is 0. The standard InChI is InChI=1S/C30H27N3O3/c1-30(2)24-16-10-11-17-26(24)32(3)28(30)18-23(34)20-36-29(35)27-19-25(21-12-6-4-7-13-21)31-33(27)22-14-8-5-9-15-22/h4-19H,20H2,1-3H3/b28-18+. The Morgan fingerprint density at radius 1 is 0.917 bits per heavy atom. The molecule has 5 rings (SSSR count). The maximum atomic E-state index is 13.1. The number of anilines is 1. The Kier molecular flexibility index (Phi) is 6.02. The summed E-state index contributed by atoms with van der Waals surface area (Å²) in [6.45, 7) is 3.82. The second-order valence-corrected chi connectivity index (χ2v) is 9.30. The number of nitrogens with zero attached hydrogens (tertiary/aromatic N) is 3. The van der Waals surface area contributed by atoms with Crippen LogP contribution in [0.4, 0.5) is 5.69 Å². The molecule has 6 heteroatoms. The maximum Gasteiger partial charge on any atom is 0.357 e. The summed E-state index contributed by atoms with van der Waals surface area (Å²) < 4.78 is 7.03. The van der Waals surface area contributed by atoms with E-state index in [-0.39, 0.29) is 23.5 Å². The Balaban J connectivity index is 1.38. The third-order valence-corrected chi connectivity index (χ3v) is 6.57. The number of para-hydroxylation sites is 2. The Hall–Kier alpha value is -4.45. The van der Waals surface area contributed by atoms with Gasteiger partial charge in [-0.25, -0.2) is 9.48 Å². The van der Waals surface area contributed by atoms with Crippen LogP contribution in [-0.4, -0.2) is 35.2 Å². The molecule has 0 amide bonds. The topological polar surface area (TPSA) is 64.4 Å². The van der Waals surface area contributed by atoms with Crippen molar-refractivity contribution >= 4 is 17.4 Å². The van der Waals surface area contributed by atoms with Crippen LogP contribution in [0.25, 0.3) is 16.9 Å². The van der Waals surface area contributed by atoms with Crippen molar-refractivity contribution in [2.24, 2.45) is 0 Å². The van der Waals surface area contributed by atoms with Crippen molar-refractivity contribution in [1.82, 2.24) is 9.78 Å². The molecule has 0 spiro atoms.